The van der Waals surface area contributed by atoms with Crippen molar-refractivity contribution in [2.24, 2.45) is 0 Å². The third kappa shape index (κ3) is 5.42. The Morgan fingerprint density at radius 1 is 0.622 bits per heavy atom. The van der Waals surface area contributed by atoms with Crippen LogP contribution >= 0.6 is 11.6 Å². The second-order valence-electron chi connectivity index (χ2n) is 8.78. The second-order valence-corrected chi connectivity index (χ2v) is 9.13. The molecule has 1 N–H and O–H groups in total. The predicted octanol–water partition coefficient (Wildman–Crippen LogP) is 7.91. The highest BCUT2D eigenvalue weighted by molar-refractivity contribution is 6.34. The van der Waals surface area contributed by atoms with E-state index >= 15 is 0 Å². The monoisotopic (exact) mass is 503 g/mol. The van der Waals surface area contributed by atoms with Gasteiger partial charge in [-0.1, -0.05) is 71.3 Å². The maximum atomic E-state index is 6.19. The lowest BCUT2D eigenvalue weighted by molar-refractivity contribution is 1.29. The number of halogens is 1. The summed E-state index contributed by atoms with van der Waals surface area (Å²) in [5.74, 6) is 0.862. The average Bonchev–Trinajstić information content (AvgIpc) is 2.93. The quantitative estimate of drug-likeness (QED) is 0.248. The molecular formula is C31H26ClN5. The van der Waals surface area contributed by atoms with Gasteiger partial charge in [0.1, 0.15) is 11.0 Å². The number of hydrogen-bond donors (Lipinski definition) is 1. The molecule has 0 bridgehead atoms. The third-order valence-corrected chi connectivity index (χ3v) is 6.37. The summed E-state index contributed by atoms with van der Waals surface area (Å²) < 4.78 is 0. The molecule has 6 rings (SSSR count). The van der Waals surface area contributed by atoms with Crippen LogP contribution in [0.1, 0.15) is 11.1 Å². The summed E-state index contributed by atoms with van der Waals surface area (Å²) in [7, 11) is 1.88. The van der Waals surface area contributed by atoms with Crippen LogP contribution in [0.15, 0.2) is 97.3 Å². The van der Waals surface area contributed by atoms with Gasteiger partial charge in [0.25, 0.3) is 0 Å². The van der Waals surface area contributed by atoms with E-state index in [1.807, 2.05) is 55.6 Å². The molecule has 0 amide bonds. The molecule has 0 unspecified atom stereocenters. The molecule has 0 spiro atoms. The van der Waals surface area contributed by atoms with E-state index in [0.29, 0.717) is 5.15 Å². The Morgan fingerprint density at radius 3 is 1.65 bits per heavy atom. The topological polar surface area (TPSA) is 63.6 Å². The van der Waals surface area contributed by atoms with Crippen molar-refractivity contribution in [2.75, 3.05) is 12.4 Å². The molecule has 0 fully saturated rings. The van der Waals surface area contributed by atoms with Crippen molar-refractivity contribution >= 4 is 39.2 Å². The van der Waals surface area contributed by atoms with Gasteiger partial charge in [0.15, 0.2) is 0 Å². The first kappa shape index (κ1) is 24.3. The van der Waals surface area contributed by atoms with E-state index in [9.17, 15) is 0 Å². The van der Waals surface area contributed by atoms with Crippen molar-refractivity contribution in [3.63, 3.8) is 0 Å². The molecular weight excluding hydrogens is 478 g/mol. The Hall–Kier alpha value is -4.35. The molecule has 0 saturated carbocycles. The first-order valence-corrected chi connectivity index (χ1v) is 12.4. The fourth-order valence-electron chi connectivity index (χ4n) is 4.04. The zero-order valence-electron chi connectivity index (χ0n) is 20.9. The molecule has 0 aliphatic carbocycles. The minimum Gasteiger partial charge on any atom is -0.373 e. The van der Waals surface area contributed by atoms with Crippen LogP contribution in [0.4, 0.5) is 5.82 Å². The van der Waals surface area contributed by atoms with Crippen molar-refractivity contribution in [2.45, 2.75) is 13.8 Å². The second kappa shape index (κ2) is 10.7. The predicted molar refractivity (Wildman–Crippen MR) is 154 cm³/mol. The normalized spacial score (nSPS) is 10.7. The highest BCUT2D eigenvalue weighted by Gasteiger charge is 2.08. The molecule has 0 aliphatic heterocycles. The highest BCUT2D eigenvalue weighted by Crippen LogP contribution is 2.27. The lowest BCUT2D eigenvalue weighted by Gasteiger charge is -2.08. The van der Waals surface area contributed by atoms with Crippen molar-refractivity contribution in [3.05, 3.63) is 114 Å². The Bertz CT molecular complexity index is 1680. The highest BCUT2D eigenvalue weighted by atomic mass is 35.5. The van der Waals surface area contributed by atoms with Gasteiger partial charge in [-0.05, 0) is 50.2 Å². The molecule has 2 aromatic carbocycles. The molecule has 182 valence electrons. The number of nitrogens with one attached hydrogen (secondary N) is 1. The molecule has 6 aromatic rings. The van der Waals surface area contributed by atoms with Crippen molar-refractivity contribution in [1.29, 1.82) is 0 Å². The summed E-state index contributed by atoms with van der Waals surface area (Å²) in [4.78, 5) is 17.8. The molecule has 0 radical (unpaired) electrons. The fourth-order valence-corrected chi connectivity index (χ4v) is 4.30. The summed E-state index contributed by atoms with van der Waals surface area (Å²) in [5.41, 5.74) is 8.25. The van der Waals surface area contributed by atoms with Crippen molar-refractivity contribution in [3.8, 4) is 22.5 Å². The van der Waals surface area contributed by atoms with E-state index in [4.69, 9.17) is 11.6 Å². The van der Waals surface area contributed by atoms with Gasteiger partial charge in [-0.2, -0.15) is 0 Å². The largest absolute Gasteiger partial charge is 0.373 e. The number of anilines is 1. The van der Waals surface area contributed by atoms with E-state index in [1.54, 1.807) is 12.4 Å². The van der Waals surface area contributed by atoms with E-state index in [2.05, 4.69) is 75.5 Å². The van der Waals surface area contributed by atoms with Gasteiger partial charge in [-0.15, -0.1) is 0 Å². The zero-order chi connectivity index (χ0) is 25.8. The average molecular weight is 504 g/mol. The van der Waals surface area contributed by atoms with Crippen LogP contribution in [0.3, 0.4) is 0 Å². The van der Waals surface area contributed by atoms with Crippen molar-refractivity contribution in [1.82, 2.24) is 19.9 Å². The summed E-state index contributed by atoms with van der Waals surface area (Å²) in [6, 6.07) is 28.3. The number of pyridine rings is 4. The summed E-state index contributed by atoms with van der Waals surface area (Å²) in [6.07, 6.45) is 3.57. The van der Waals surface area contributed by atoms with Crippen LogP contribution in [0.25, 0.3) is 44.3 Å². The number of fused-ring (bicyclic) bond motifs is 2. The Kier molecular flexibility index (Phi) is 7.06. The Morgan fingerprint density at radius 2 is 1.11 bits per heavy atom. The minimum absolute atomic E-state index is 0.496. The van der Waals surface area contributed by atoms with Crippen LogP contribution in [0.2, 0.25) is 5.15 Å². The fraction of sp³-hybridized carbons (Fsp3) is 0.0968. The number of aryl methyl sites for hydroxylation is 2. The standard InChI is InChI=1S/C16H15N3.C15H11ClN2/c1-11-5-7-12(8-6-11)14-10-15-13(4-3-9-18-15)16(17-2)19-14;1-10-4-6-11(7-5-10)13-9-14-12(15(16)18-13)3-2-8-17-14/h3-10H,1-2H3,(H,17,19);2-9H,1H3. The molecule has 0 aliphatic rings. The lowest BCUT2D eigenvalue weighted by atomic mass is 10.1. The van der Waals surface area contributed by atoms with Gasteiger partial charge in [-0.3, -0.25) is 9.97 Å². The third-order valence-electron chi connectivity index (χ3n) is 6.08. The smallest absolute Gasteiger partial charge is 0.139 e. The van der Waals surface area contributed by atoms with Gasteiger partial charge >= 0.3 is 0 Å². The van der Waals surface area contributed by atoms with Gasteiger partial charge in [-0.25, -0.2) is 9.97 Å². The molecule has 0 atom stereocenters. The first-order valence-electron chi connectivity index (χ1n) is 12.0. The van der Waals surface area contributed by atoms with E-state index in [-0.39, 0.29) is 0 Å². The SMILES string of the molecule is CNc1nc(-c2ccc(C)cc2)cc2ncccc12.Cc1ccc(-c2cc3ncccc3c(Cl)n2)cc1. The van der Waals surface area contributed by atoms with Crippen LogP contribution in [0.5, 0.6) is 0 Å². The maximum Gasteiger partial charge on any atom is 0.139 e. The maximum absolute atomic E-state index is 6.19. The Balaban J connectivity index is 0.000000152. The molecule has 6 heteroatoms. The molecule has 4 heterocycles. The van der Waals surface area contributed by atoms with Gasteiger partial charge < -0.3 is 5.32 Å². The zero-order valence-corrected chi connectivity index (χ0v) is 21.7. The number of nitrogens with zero attached hydrogens (tertiary/aromatic N) is 4. The van der Waals surface area contributed by atoms with Gasteiger partial charge in [0.05, 0.1) is 22.4 Å². The number of hydrogen-bond acceptors (Lipinski definition) is 5. The van der Waals surface area contributed by atoms with Crippen LogP contribution in [-0.2, 0) is 0 Å². The number of aromatic nitrogens is 4. The molecule has 5 nitrogen and oxygen atoms in total. The van der Waals surface area contributed by atoms with Gasteiger partial charge in [0, 0.05) is 41.3 Å². The van der Waals surface area contributed by atoms with Crippen LogP contribution in [-0.4, -0.2) is 27.0 Å². The lowest BCUT2D eigenvalue weighted by Crippen LogP contribution is -1.96. The summed E-state index contributed by atoms with van der Waals surface area (Å²) in [6.45, 7) is 4.14. The van der Waals surface area contributed by atoms with Crippen LogP contribution in [0, 0.1) is 13.8 Å². The summed E-state index contributed by atoms with van der Waals surface area (Å²) in [5, 5.41) is 5.56. The number of benzene rings is 2. The van der Waals surface area contributed by atoms with Gasteiger partial charge in [0.2, 0.25) is 0 Å². The van der Waals surface area contributed by atoms with Crippen molar-refractivity contribution < 1.29 is 0 Å². The molecule has 0 saturated heterocycles. The first-order chi connectivity index (χ1) is 18.0. The Labute approximate surface area is 221 Å². The minimum atomic E-state index is 0.496. The van der Waals surface area contributed by atoms with E-state index < -0.39 is 0 Å². The summed E-state index contributed by atoms with van der Waals surface area (Å²) >= 11 is 6.19. The number of rotatable bonds is 3. The van der Waals surface area contributed by atoms with Crippen LogP contribution < -0.4 is 5.32 Å². The molecule has 4 aromatic heterocycles. The van der Waals surface area contributed by atoms with E-state index in [1.165, 1.54) is 11.1 Å². The van der Waals surface area contributed by atoms with E-state index in [0.717, 1.165) is 50.1 Å². The molecule has 37 heavy (non-hydrogen) atoms.